The average molecular weight is 379 g/mol. The number of hydrogen-bond donors (Lipinski definition) is 1. The Morgan fingerprint density at radius 2 is 1.85 bits per heavy atom. The molecule has 0 aliphatic heterocycles. The summed E-state index contributed by atoms with van der Waals surface area (Å²) < 4.78 is 48.4. The fraction of sp³-hybridized carbons (Fsp3) is 0.158. The molecule has 1 N–H and O–H groups in total. The molecule has 0 spiro atoms. The summed E-state index contributed by atoms with van der Waals surface area (Å²) >= 11 is 0. The van der Waals surface area contributed by atoms with Gasteiger partial charge in [0.2, 0.25) is 0 Å². The number of carbonyl (C=O) groups excluding carboxylic acids is 2. The first-order chi connectivity index (χ1) is 12.8. The van der Waals surface area contributed by atoms with Crippen molar-refractivity contribution in [1.82, 2.24) is 0 Å². The van der Waals surface area contributed by atoms with Gasteiger partial charge < -0.3 is 14.8 Å². The summed E-state index contributed by atoms with van der Waals surface area (Å²) in [5, 5.41) is 2.08. The molecule has 5 nitrogen and oxygen atoms in total. The molecule has 2 aromatic rings. The van der Waals surface area contributed by atoms with Gasteiger partial charge >= 0.3 is 12.1 Å². The molecule has 0 aliphatic rings. The fourth-order valence-electron chi connectivity index (χ4n) is 2.12. The van der Waals surface area contributed by atoms with E-state index >= 15 is 0 Å². The summed E-state index contributed by atoms with van der Waals surface area (Å²) in [6.45, 7) is -0.715. The molecule has 0 atom stereocenters. The van der Waals surface area contributed by atoms with E-state index in [-0.39, 0.29) is 0 Å². The van der Waals surface area contributed by atoms with Crippen molar-refractivity contribution < 1.29 is 32.2 Å². The van der Waals surface area contributed by atoms with E-state index in [0.29, 0.717) is 11.3 Å². The highest BCUT2D eigenvalue weighted by Gasteiger charge is 2.33. The zero-order valence-corrected chi connectivity index (χ0v) is 14.2. The molecule has 2 aromatic carbocycles. The Labute approximate surface area is 153 Å². The number of rotatable bonds is 6. The third kappa shape index (κ3) is 6.18. The normalized spacial score (nSPS) is 11.3. The first kappa shape index (κ1) is 20.0. The summed E-state index contributed by atoms with van der Waals surface area (Å²) in [6.07, 6.45) is -2.05. The second-order valence-electron chi connectivity index (χ2n) is 5.31. The standard InChI is InChI=1S/C19H16F3NO4/c1-26-14-6-4-5-13(11-14)9-10-18(25)27-12-17(24)23-16-8-3-2-7-15(16)19(20,21)22/h2-11H,12H2,1H3,(H,23,24)/b10-9+. The average Bonchev–Trinajstić information content (AvgIpc) is 2.64. The molecular formula is C19H16F3NO4. The number of para-hydroxylation sites is 1. The molecule has 8 heteroatoms. The van der Waals surface area contributed by atoms with Gasteiger partial charge in [0, 0.05) is 6.08 Å². The van der Waals surface area contributed by atoms with Crippen molar-refractivity contribution in [3.63, 3.8) is 0 Å². The van der Waals surface area contributed by atoms with Crippen LogP contribution in [0.15, 0.2) is 54.6 Å². The molecule has 0 radical (unpaired) electrons. The van der Waals surface area contributed by atoms with E-state index < -0.39 is 35.9 Å². The minimum absolute atomic E-state index is 0.405. The van der Waals surface area contributed by atoms with Gasteiger partial charge in [-0.25, -0.2) is 4.79 Å². The van der Waals surface area contributed by atoms with Crippen LogP contribution in [-0.2, 0) is 20.5 Å². The molecule has 0 heterocycles. The third-order valence-electron chi connectivity index (χ3n) is 3.36. The van der Waals surface area contributed by atoms with Crippen LogP contribution < -0.4 is 10.1 Å². The second-order valence-corrected chi connectivity index (χ2v) is 5.31. The number of benzene rings is 2. The van der Waals surface area contributed by atoms with Gasteiger partial charge in [0.25, 0.3) is 5.91 Å². The van der Waals surface area contributed by atoms with Crippen LogP contribution in [0.1, 0.15) is 11.1 Å². The highest BCUT2D eigenvalue weighted by molar-refractivity contribution is 5.95. The highest BCUT2D eigenvalue weighted by Crippen LogP contribution is 2.34. The summed E-state index contributed by atoms with van der Waals surface area (Å²) in [5.74, 6) is -1.08. The van der Waals surface area contributed by atoms with Gasteiger partial charge in [-0.1, -0.05) is 24.3 Å². The van der Waals surface area contributed by atoms with Crippen LogP contribution >= 0.6 is 0 Å². The van der Waals surface area contributed by atoms with Crippen LogP contribution in [0, 0.1) is 0 Å². The summed E-state index contributed by atoms with van der Waals surface area (Å²) in [6, 6.07) is 11.4. The van der Waals surface area contributed by atoms with Crippen molar-refractivity contribution in [2.75, 3.05) is 19.0 Å². The van der Waals surface area contributed by atoms with E-state index in [1.54, 1.807) is 24.3 Å². The zero-order chi connectivity index (χ0) is 19.9. The fourth-order valence-corrected chi connectivity index (χ4v) is 2.12. The van der Waals surface area contributed by atoms with E-state index in [1.165, 1.54) is 25.3 Å². The van der Waals surface area contributed by atoms with Crippen LogP contribution in [0.25, 0.3) is 6.08 Å². The van der Waals surface area contributed by atoms with E-state index in [0.717, 1.165) is 18.2 Å². The molecule has 0 saturated carbocycles. The number of carbonyl (C=O) groups is 2. The molecule has 0 aliphatic carbocycles. The van der Waals surface area contributed by atoms with Crippen LogP contribution in [-0.4, -0.2) is 25.6 Å². The minimum Gasteiger partial charge on any atom is -0.497 e. The van der Waals surface area contributed by atoms with Crippen LogP contribution in [0.4, 0.5) is 18.9 Å². The summed E-state index contributed by atoms with van der Waals surface area (Å²) in [5.41, 5.74) is -0.713. The predicted octanol–water partition coefficient (Wildman–Crippen LogP) is 3.91. The molecule has 1 amide bonds. The SMILES string of the molecule is COc1cccc(/C=C/C(=O)OCC(=O)Nc2ccccc2C(F)(F)F)c1. The minimum atomic E-state index is -4.61. The number of nitrogens with one attached hydrogen (secondary N) is 1. The maximum Gasteiger partial charge on any atom is 0.418 e. The van der Waals surface area contributed by atoms with Gasteiger partial charge in [0.15, 0.2) is 6.61 Å². The van der Waals surface area contributed by atoms with E-state index in [9.17, 15) is 22.8 Å². The molecule has 0 fully saturated rings. The Morgan fingerprint density at radius 1 is 1.11 bits per heavy atom. The maximum atomic E-state index is 12.9. The Balaban J connectivity index is 1.90. The molecule has 0 aromatic heterocycles. The van der Waals surface area contributed by atoms with Gasteiger partial charge in [0.05, 0.1) is 18.4 Å². The smallest absolute Gasteiger partial charge is 0.418 e. The number of esters is 1. The van der Waals surface area contributed by atoms with Gasteiger partial charge in [-0.15, -0.1) is 0 Å². The molecule has 0 unspecified atom stereocenters. The number of ether oxygens (including phenoxy) is 2. The lowest BCUT2D eigenvalue weighted by Crippen LogP contribution is -2.22. The zero-order valence-electron chi connectivity index (χ0n) is 14.2. The number of hydrogen-bond acceptors (Lipinski definition) is 4. The summed E-state index contributed by atoms with van der Waals surface area (Å²) in [4.78, 5) is 23.4. The van der Waals surface area contributed by atoms with Crippen LogP contribution in [0.5, 0.6) is 5.75 Å². The van der Waals surface area contributed by atoms with Crippen LogP contribution in [0.3, 0.4) is 0 Å². The first-order valence-electron chi connectivity index (χ1n) is 7.74. The van der Waals surface area contributed by atoms with Gasteiger partial charge in [-0.05, 0) is 35.9 Å². The van der Waals surface area contributed by atoms with E-state index in [4.69, 9.17) is 9.47 Å². The lowest BCUT2D eigenvalue weighted by Gasteiger charge is -2.13. The van der Waals surface area contributed by atoms with Gasteiger partial charge in [0.1, 0.15) is 5.75 Å². The third-order valence-corrected chi connectivity index (χ3v) is 3.36. The molecule has 2 rings (SSSR count). The number of methoxy groups -OCH3 is 1. The monoisotopic (exact) mass is 379 g/mol. The summed E-state index contributed by atoms with van der Waals surface area (Å²) in [7, 11) is 1.51. The lowest BCUT2D eigenvalue weighted by molar-refractivity contribution is -0.142. The second kappa shape index (κ2) is 8.88. The van der Waals surface area contributed by atoms with Gasteiger partial charge in [-0.3, -0.25) is 4.79 Å². The highest BCUT2D eigenvalue weighted by atomic mass is 19.4. The van der Waals surface area contributed by atoms with E-state index in [1.807, 2.05) is 0 Å². The quantitative estimate of drug-likeness (QED) is 0.611. The van der Waals surface area contributed by atoms with Crippen molar-refractivity contribution in [2.45, 2.75) is 6.18 Å². The topological polar surface area (TPSA) is 64.6 Å². The molecule has 0 saturated heterocycles. The predicted molar refractivity (Wildman–Crippen MR) is 93.1 cm³/mol. The molecular weight excluding hydrogens is 363 g/mol. The Kier molecular flexibility index (Phi) is 6.59. The van der Waals surface area contributed by atoms with Gasteiger partial charge in [-0.2, -0.15) is 13.2 Å². The first-order valence-corrected chi connectivity index (χ1v) is 7.74. The van der Waals surface area contributed by atoms with Crippen molar-refractivity contribution in [2.24, 2.45) is 0 Å². The van der Waals surface area contributed by atoms with Crippen molar-refractivity contribution in [3.8, 4) is 5.75 Å². The molecule has 142 valence electrons. The molecule has 0 bridgehead atoms. The van der Waals surface area contributed by atoms with Crippen LogP contribution in [0.2, 0.25) is 0 Å². The number of anilines is 1. The van der Waals surface area contributed by atoms with Crippen molar-refractivity contribution in [1.29, 1.82) is 0 Å². The Bertz CT molecular complexity index is 847. The van der Waals surface area contributed by atoms with E-state index in [2.05, 4.69) is 5.32 Å². The maximum absolute atomic E-state index is 12.9. The number of halogens is 3. The Morgan fingerprint density at radius 3 is 2.56 bits per heavy atom. The van der Waals surface area contributed by atoms with Crippen molar-refractivity contribution >= 4 is 23.6 Å². The van der Waals surface area contributed by atoms with Crippen molar-refractivity contribution in [3.05, 3.63) is 65.7 Å². The Hall–Kier alpha value is -3.29. The lowest BCUT2D eigenvalue weighted by atomic mass is 10.1. The molecule has 27 heavy (non-hydrogen) atoms. The number of alkyl halides is 3. The largest absolute Gasteiger partial charge is 0.497 e. The number of amides is 1.